The molecule has 1 aromatic heterocycles. The Balaban J connectivity index is 1.74. The normalized spacial score (nSPS) is 20.2. The number of nitrogens with zero attached hydrogens (tertiary/aromatic N) is 2. The van der Waals surface area contributed by atoms with Gasteiger partial charge in [-0.15, -0.1) is 0 Å². The lowest BCUT2D eigenvalue weighted by Crippen LogP contribution is -2.33. The van der Waals surface area contributed by atoms with Crippen LogP contribution >= 0.6 is 0 Å². The second kappa shape index (κ2) is 7.38. The van der Waals surface area contributed by atoms with Crippen molar-refractivity contribution in [3.8, 4) is 16.9 Å². The van der Waals surface area contributed by atoms with Crippen molar-refractivity contribution in [2.45, 2.75) is 32.7 Å². The Morgan fingerprint density at radius 1 is 1.16 bits per heavy atom. The van der Waals surface area contributed by atoms with Crippen LogP contribution in [0, 0.1) is 18.7 Å². The Morgan fingerprint density at radius 2 is 1.94 bits per heavy atom. The third-order valence-corrected chi connectivity index (χ3v) is 6.13. The van der Waals surface area contributed by atoms with Crippen molar-refractivity contribution in [3.05, 3.63) is 76.9 Å². The lowest BCUT2D eigenvalue weighted by molar-refractivity contribution is -0.117. The summed E-state index contributed by atoms with van der Waals surface area (Å²) in [6.07, 6.45) is 1.33. The van der Waals surface area contributed by atoms with Gasteiger partial charge in [0.25, 0.3) is 0 Å². The first-order valence-corrected chi connectivity index (χ1v) is 10.5. The molecule has 0 amide bonds. The summed E-state index contributed by atoms with van der Waals surface area (Å²) in [7, 11) is 1.63. The van der Waals surface area contributed by atoms with E-state index < -0.39 is 0 Å². The number of nitrogens with one attached hydrogen (secondary N) is 1. The minimum atomic E-state index is -0.339. The number of aryl methyl sites for hydroxylation is 1. The van der Waals surface area contributed by atoms with Gasteiger partial charge < -0.3 is 10.1 Å². The van der Waals surface area contributed by atoms with E-state index in [0.29, 0.717) is 6.42 Å². The third kappa shape index (κ3) is 3.23. The van der Waals surface area contributed by atoms with Crippen LogP contribution in [0.4, 0.5) is 10.2 Å². The second-order valence-corrected chi connectivity index (χ2v) is 8.39. The van der Waals surface area contributed by atoms with Crippen LogP contribution in [0.2, 0.25) is 0 Å². The number of allylic oxidation sites excluding steroid dienone is 2. The summed E-state index contributed by atoms with van der Waals surface area (Å²) in [5, 5.41) is 8.37. The van der Waals surface area contributed by atoms with Gasteiger partial charge in [0.1, 0.15) is 23.4 Å². The molecule has 158 valence electrons. The number of ether oxygens (including phenoxy) is 1. The first kappa shape index (κ1) is 19.5. The summed E-state index contributed by atoms with van der Waals surface area (Å²) in [4.78, 5) is 13.2. The quantitative estimate of drug-likeness (QED) is 0.630. The number of fused-ring (bicyclic) bond motifs is 1. The van der Waals surface area contributed by atoms with E-state index in [2.05, 4.69) is 12.2 Å². The van der Waals surface area contributed by atoms with Crippen molar-refractivity contribution in [2.75, 3.05) is 12.4 Å². The predicted octanol–water partition coefficient (Wildman–Crippen LogP) is 5.27. The maximum Gasteiger partial charge on any atom is 0.163 e. The van der Waals surface area contributed by atoms with E-state index in [-0.39, 0.29) is 23.6 Å². The molecule has 0 fully saturated rings. The van der Waals surface area contributed by atoms with E-state index in [9.17, 15) is 9.18 Å². The summed E-state index contributed by atoms with van der Waals surface area (Å²) in [6.45, 7) is 4.04. The van der Waals surface area contributed by atoms with Crippen LogP contribution in [-0.4, -0.2) is 22.7 Å². The highest BCUT2D eigenvalue weighted by Gasteiger charge is 2.39. The van der Waals surface area contributed by atoms with Gasteiger partial charge >= 0.3 is 0 Å². The van der Waals surface area contributed by atoms with Crippen molar-refractivity contribution in [2.24, 2.45) is 5.92 Å². The molecule has 5 nitrogen and oxygen atoms in total. The standard InChI is InChI=1S/C25H24FN3O2/c1-14-11-20-23(21(30)12-14)24(17-5-4-6-19(13-17)31-3)29-25(27-20)22(15(2)28-29)16-7-9-18(26)10-8-16/h4-10,13-14,24,27H,11-12H2,1-3H3/t14-,24-/m1/s1. The molecular formula is C25H24FN3O2. The number of aromatic nitrogens is 2. The number of benzene rings is 2. The van der Waals surface area contributed by atoms with Crippen LogP contribution in [0.5, 0.6) is 5.75 Å². The van der Waals surface area contributed by atoms with Gasteiger partial charge in [-0.2, -0.15) is 5.10 Å². The van der Waals surface area contributed by atoms with Gasteiger partial charge in [0.2, 0.25) is 0 Å². The highest BCUT2D eigenvalue weighted by atomic mass is 19.1. The molecule has 0 saturated carbocycles. The number of methoxy groups -OCH3 is 1. The summed E-state index contributed by atoms with van der Waals surface area (Å²) < 4.78 is 20.9. The zero-order chi connectivity index (χ0) is 21.7. The fourth-order valence-electron chi connectivity index (χ4n) is 4.76. The number of ketones is 1. The molecule has 6 heteroatoms. The first-order valence-electron chi connectivity index (χ1n) is 10.5. The molecular weight excluding hydrogens is 393 g/mol. The van der Waals surface area contributed by atoms with Gasteiger partial charge in [-0.25, -0.2) is 9.07 Å². The summed E-state index contributed by atoms with van der Waals surface area (Å²) in [5.74, 6) is 1.71. The first-order chi connectivity index (χ1) is 15.0. The number of carbonyl (C=O) groups is 1. The Hall–Kier alpha value is -3.41. The van der Waals surface area contributed by atoms with Gasteiger partial charge in [-0.05, 0) is 54.7 Å². The van der Waals surface area contributed by atoms with Crippen LogP contribution in [0.1, 0.15) is 37.1 Å². The lowest BCUT2D eigenvalue weighted by atomic mass is 9.81. The Labute approximate surface area is 180 Å². The van der Waals surface area contributed by atoms with Crippen molar-refractivity contribution >= 4 is 11.6 Å². The fraction of sp³-hybridized carbons (Fsp3) is 0.280. The second-order valence-electron chi connectivity index (χ2n) is 8.39. The van der Waals surface area contributed by atoms with E-state index in [4.69, 9.17) is 9.84 Å². The zero-order valence-corrected chi connectivity index (χ0v) is 17.8. The molecule has 0 saturated heterocycles. The van der Waals surface area contributed by atoms with E-state index >= 15 is 0 Å². The number of rotatable bonds is 3. The average Bonchev–Trinajstić information content (AvgIpc) is 3.08. The highest BCUT2D eigenvalue weighted by molar-refractivity contribution is 6.00. The fourth-order valence-corrected chi connectivity index (χ4v) is 4.76. The zero-order valence-electron chi connectivity index (χ0n) is 17.8. The van der Waals surface area contributed by atoms with Crippen LogP contribution < -0.4 is 10.1 Å². The topological polar surface area (TPSA) is 56.1 Å². The maximum absolute atomic E-state index is 13.5. The Morgan fingerprint density at radius 3 is 2.68 bits per heavy atom. The van der Waals surface area contributed by atoms with Crippen LogP contribution in [-0.2, 0) is 4.79 Å². The number of carbonyl (C=O) groups excluding carboxylic acids is 1. The Kier molecular flexibility index (Phi) is 4.65. The highest BCUT2D eigenvalue weighted by Crippen LogP contribution is 2.46. The minimum absolute atomic E-state index is 0.149. The number of hydrogen-bond donors (Lipinski definition) is 1. The van der Waals surface area contributed by atoms with Crippen molar-refractivity contribution in [1.82, 2.24) is 9.78 Å². The third-order valence-electron chi connectivity index (χ3n) is 6.13. The SMILES string of the molecule is COc1cccc([C@@H]2C3=C(C[C@@H](C)CC3=O)Nc3c(-c4ccc(F)cc4)c(C)nn32)c1. The van der Waals surface area contributed by atoms with Crippen molar-refractivity contribution in [1.29, 1.82) is 0 Å². The predicted molar refractivity (Wildman–Crippen MR) is 118 cm³/mol. The molecule has 2 heterocycles. The van der Waals surface area contributed by atoms with Gasteiger partial charge in [0.15, 0.2) is 5.78 Å². The number of anilines is 1. The molecule has 0 bridgehead atoms. The molecule has 1 aliphatic heterocycles. The molecule has 1 N–H and O–H groups in total. The molecule has 2 aromatic carbocycles. The van der Waals surface area contributed by atoms with Gasteiger partial charge in [-0.3, -0.25) is 4.79 Å². The summed E-state index contributed by atoms with van der Waals surface area (Å²) in [5.41, 5.74) is 5.30. The number of halogens is 1. The molecule has 3 aromatic rings. The van der Waals surface area contributed by atoms with Gasteiger partial charge in [0, 0.05) is 23.3 Å². The van der Waals surface area contributed by atoms with E-state index in [1.54, 1.807) is 19.2 Å². The van der Waals surface area contributed by atoms with Crippen molar-refractivity contribution < 1.29 is 13.9 Å². The number of Topliss-reactive ketones (excluding diaryl/α,β-unsaturated/α-hetero) is 1. The summed E-state index contributed by atoms with van der Waals surface area (Å²) in [6, 6.07) is 13.9. The van der Waals surface area contributed by atoms with Gasteiger partial charge in [0.05, 0.1) is 12.8 Å². The molecule has 2 atom stereocenters. The average molecular weight is 417 g/mol. The largest absolute Gasteiger partial charge is 0.497 e. The minimum Gasteiger partial charge on any atom is -0.497 e. The summed E-state index contributed by atoms with van der Waals surface area (Å²) >= 11 is 0. The number of hydrogen-bond acceptors (Lipinski definition) is 4. The molecule has 0 radical (unpaired) electrons. The monoisotopic (exact) mass is 417 g/mol. The lowest BCUT2D eigenvalue weighted by Gasteiger charge is -2.35. The molecule has 1 aliphatic carbocycles. The molecule has 0 spiro atoms. The maximum atomic E-state index is 13.5. The van der Waals surface area contributed by atoms with Gasteiger partial charge in [-0.1, -0.05) is 31.2 Å². The van der Waals surface area contributed by atoms with Crippen LogP contribution in [0.25, 0.3) is 11.1 Å². The molecule has 31 heavy (non-hydrogen) atoms. The van der Waals surface area contributed by atoms with E-state index in [0.717, 1.165) is 51.6 Å². The molecule has 5 rings (SSSR count). The van der Waals surface area contributed by atoms with E-state index in [1.807, 2.05) is 35.9 Å². The smallest absolute Gasteiger partial charge is 0.163 e. The van der Waals surface area contributed by atoms with Crippen LogP contribution in [0.15, 0.2) is 59.8 Å². The van der Waals surface area contributed by atoms with Crippen LogP contribution in [0.3, 0.4) is 0 Å². The van der Waals surface area contributed by atoms with E-state index in [1.165, 1.54) is 12.1 Å². The molecule has 2 aliphatic rings. The Bertz CT molecular complexity index is 1210. The van der Waals surface area contributed by atoms with Crippen molar-refractivity contribution in [3.63, 3.8) is 0 Å². The molecule has 0 unspecified atom stereocenters.